The van der Waals surface area contributed by atoms with Crippen molar-refractivity contribution in [2.24, 2.45) is 5.73 Å². The lowest BCUT2D eigenvalue weighted by Gasteiger charge is -2.38. The Labute approximate surface area is 174 Å². The summed E-state index contributed by atoms with van der Waals surface area (Å²) in [5, 5.41) is 9.74. The zero-order valence-corrected chi connectivity index (χ0v) is 17.5. The highest BCUT2D eigenvalue weighted by Gasteiger charge is 2.28. The lowest BCUT2D eigenvalue weighted by Crippen LogP contribution is -2.49. The van der Waals surface area contributed by atoms with Crippen LogP contribution >= 0.6 is 11.3 Å². The summed E-state index contributed by atoms with van der Waals surface area (Å²) in [7, 11) is 4.09. The van der Waals surface area contributed by atoms with Crippen molar-refractivity contribution in [2.75, 3.05) is 24.3 Å². The minimum atomic E-state index is -0.502. The summed E-state index contributed by atoms with van der Waals surface area (Å²) < 4.78 is 0. The molecule has 0 saturated heterocycles. The van der Waals surface area contributed by atoms with Gasteiger partial charge in [0.25, 0.3) is 5.91 Å². The predicted molar refractivity (Wildman–Crippen MR) is 119 cm³/mol. The molecule has 1 amide bonds. The van der Waals surface area contributed by atoms with Crippen molar-refractivity contribution in [3.8, 4) is 0 Å². The van der Waals surface area contributed by atoms with Crippen LogP contribution < -0.4 is 21.3 Å². The van der Waals surface area contributed by atoms with Gasteiger partial charge in [0, 0.05) is 36.1 Å². The fourth-order valence-electron chi connectivity index (χ4n) is 4.11. The summed E-state index contributed by atoms with van der Waals surface area (Å²) in [5.74, 6) is 0.794. The third-order valence-electron chi connectivity index (χ3n) is 5.71. The first-order valence-corrected chi connectivity index (χ1v) is 10.8. The van der Waals surface area contributed by atoms with E-state index in [0.717, 1.165) is 34.6 Å². The molecule has 1 aliphatic carbocycles. The smallest absolute Gasteiger partial charge is 0.252 e. The number of hydrogen-bond acceptors (Lipinski definition) is 7. The van der Waals surface area contributed by atoms with Crippen LogP contribution in [0.4, 0.5) is 17.3 Å². The van der Waals surface area contributed by atoms with E-state index in [1.165, 1.54) is 12.8 Å². The number of amides is 1. The number of thiophene rings is 1. The molecule has 8 heteroatoms. The number of aromatic nitrogens is 2. The summed E-state index contributed by atoms with van der Waals surface area (Å²) in [6.45, 7) is 0. The Bertz CT molecular complexity index is 1020. The second-order valence-electron chi connectivity index (χ2n) is 7.42. The molecular formula is C21H26N6OS. The number of nitrogens with two attached hydrogens (primary N) is 1. The molecule has 0 bridgehead atoms. The van der Waals surface area contributed by atoms with Crippen LogP contribution in [0.2, 0.25) is 0 Å². The molecule has 3 aromatic rings. The molecule has 0 aliphatic heterocycles. The van der Waals surface area contributed by atoms with E-state index < -0.39 is 5.91 Å². The molecule has 3 heterocycles. The summed E-state index contributed by atoms with van der Waals surface area (Å²) in [5.41, 5.74) is 6.86. The van der Waals surface area contributed by atoms with Crippen LogP contribution in [0.5, 0.6) is 0 Å². The van der Waals surface area contributed by atoms with Crippen molar-refractivity contribution in [1.82, 2.24) is 15.3 Å². The summed E-state index contributed by atoms with van der Waals surface area (Å²) in [6, 6.07) is 8.32. The van der Waals surface area contributed by atoms with E-state index in [1.807, 2.05) is 30.6 Å². The second-order valence-corrected chi connectivity index (χ2v) is 8.28. The van der Waals surface area contributed by atoms with Gasteiger partial charge in [0.15, 0.2) is 0 Å². The Morgan fingerprint density at radius 2 is 2.10 bits per heavy atom. The van der Waals surface area contributed by atoms with Crippen LogP contribution in [0, 0.1) is 0 Å². The molecule has 7 nitrogen and oxygen atoms in total. The maximum Gasteiger partial charge on any atom is 0.252 e. The maximum atomic E-state index is 12.0. The largest absolute Gasteiger partial charge is 0.365 e. The fourth-order valence-corrected chi connectivity index (χ4v) is 4.96. The number of likely N-dealkylation sites (N-methyl/N-ethyl adjacent to an activating group) is 2. The van der Waals surface area contributed by atoms with E-state index >= 15 is 0 Å². The minimum Gasteiger partial charge on any atom is -0.365 e. The Morgan fingerprint density at radius 3 is 2.90 bits per heavy atom. The first kappa shape index (κ1) is 19.6. The highest BCUT2D eigenvalue weighted by Crippen LogP contribution is 2.33. The number of carbonyl (C=O) groups excluding carboxylic acids is 1. The predicted octanol–water partition coefficient (Wildman–Crippen LogP) is 3.50. The van der Waals surface area contributed by atoms with Crippen LogP contribution in [-0.2, 0) is 0 Å². The quantitative estimate of drug-likeness (QED) is 0.576. The van der Waals surface area contributed by atoms with Gasteiger partial charge in [0.1, 0.15) is 16.5 Å². The molecule has 0 spiro atoms. The molecule has 1 aliphatic rings. The number of carbonyl (C=O) groups is 1. The standard InChI is InChI=1S/C21H26N6OS/c1-23-15-7-3-4-8-17(15)27(2)18-10-9-14(19(22)28)20(26-18)25-16-12-29-21-13(16)6-5-11-24-21/h5-6,9-12,15,17,23H,3-4,7-8H2,1-2H3,(H2,22,28)(H,25,26). The van der Waals surface area contributed by atoms with Gasteiger partial charge in [-0.2, -0.15) is 0 Å². The van der Waals surface area contributed by atoms with E-state index in [1.54, 1.807) is 23.6 Å². The van der Waals surface area contributed by atoms with Gasteiger partial charge in [0.05, 0.1) is 11.3 Å². The van der Waals surface area contributed by atoms with Crippen molar-refractivity contribution in [1.29, 1.82) is 0 Å². The number of fused-ring (bicyclic) bond motifs is 1. The summed E-state index contributed by atoms with van der Waals surface area (Å²) in [6.07, 6.45) is 6.50. The number of hydrogen-bond donors (Lipinski definition) is 3. The number of primary amides is 1. The molecule has 0 aromatic carbocycles. The molecule has 1 saturated carbocycles. The number of rotatable bonds is 6. The van der Waals surface area contributed by atoms with E-state index in [-0.39, 0.29) is 0 Å². The zero-order valence-electron chi connectivity index (χ0n) is 16.7. The van der Waals surface area contributed by atoms with E-state index in [2.05, 4.69) is 27.6 Å². The van der Waals surface area contributed by atoms with E-state index in [9.17, 15) is 4.79 Å². The van der Waals surface area contributed by atoms with Crippen molar-refractivity contribution in [3.63, 3.8) is 0 Å². The Kier molecular flexibility index (Phi) is 5.64. The number of nitrogens with zero attached hydrogens (tertiary/aromatic N) is 3. The number of anilines is 3. The Balaban J connectivity index is 1.68. The molecule has 1 fully saturated rings. The minimum absolute atomic E-state index is 0.361. The van der Waals surface area contributed by atoms with Crippen molar-refractivity contribution in [2.45, 2.75) is 37.8 Å². The van der Waals surface area contributed by atoms with E-state index in [4.69, 9.17) is 10.7 Å². The highest BCUT2D eigenvalue weighted by molar-refractivity contribution is 7.17. The lowest BCUT2D eigenvalue weighted by molar-refractivity contribution is 0.100. The topological polar surface area (TPSA) is 96.2 Å². The molecule has 3 aromatic heterocycles. The molecule has 152 valence electrons. The van der Waals surface area contributed by atoms with Gasteiger partial charge in [-0.25, -0.2) is 9.97 Å². The molecule has 4 rings (SSSR count). The third-order valence-corrected chi connectivity index (χ3v) is 6.61. The van der Waals surface area contributed by atoms with Gasteiger partial charge >= 0.3 is 0 Å². The highest BCUT2D eigenvalue weighted by atomic mass is 32.1. The van der Waals surface area contributed by atoms with Gasteiger partial charge in [-0.05, 0) is 44.2 Å². The Hall–Kier alpha value is -2.71. The first-order valence-electron chi connectivity index (χ1n) is 9.88. The van der Waals surface area contributed by atoms with Gasteiger partial charge in [0.2, 0.25) is 0 Å². The second kappa shape index (κ2) is 8.34. The first-order chi connectivity index (χ1) is 14.1. The molecule has 2 atom stereocenters. The number of nitrogens with one attached hydrogen (secondary N) is 2. The van der Waals surface area contributed by atoms with Gasteiger partial charge in [-0.1, -0.05) is 12.8 Å². The Morgan fingerprint density at radius 1 is 1.28 bits per heavy atom. The molecule has 2 unspecified atom stereocenters. The van der Waals surface area contributed by atoms with Gasteiger partial charge in [-0.3, -0.25) is 4.79 Å². The van der Waals surface area contributed by atoms with E-state index in [0.29, 0.717) is 23.5 Å². The van der Waals surface area contributed by atoms with Crippen LogP contribution in [0.25, 0.3) is 10.2 Å². The van der Waals surface area contributed by atoms with Crippen LogP contribution in [0.3, 0.4) is 0 Å². The molecule has 0 radical (unpaired) electrons. The molecule has 29 heavy (non-hydrogen) atoms. The fraction of sp³-hybridized carbons (Fsp3) is 0.381. The summed E-state index contributed by atoms with van der Waals surface area (Å²) in [4.78, 5) is 24.3. The zero-order chi connectivity index (χ0) is 20.4. The normalized spacial score (nSPS) is 19.2. The average Bonchev–Trinajstić information content (AvgIpc) is 3.16. The van der Waals surface area contributed by atoms with Crippen LogP contribution in [0.15, 0.2) is 35.8 Å². The number of pyridine rings is 2. The van der Waals surface area contributed by atoms with Gasteiger partial charge < -0.3 is 21.3 Å². The van der Waals surface area contributed by atoms with Crippen LogP contribution in [-0.4, -0.2) is 42.1 Å². The van der Waals surface area contributed by atoms with Crippen molar-refractivity contribution < 1.29 is 4.79 Å². The van der Waals surface area contributed by atoms with Crippen molar-refractivity contribution >= 4 is 44.8 Å². The maximum absolute atomic E-state index is 12.0. The summed E-state index contributed by atoms with van der Waals surface area (Å²) >= 11 is 1.55. The van der Waals surface area contributed by atoms with Crippen molar-refractivity contribution in [3.05, 3.63) is 41.4 Å². The average molecular weight is 411 g/mol. The molecule has 4 N–H and O–H groups in total. The lowest BCUT2D eigenvalue weighted by atomic mass is 9.89. The monoisotopic (exact) mass is 410 g/mol. The SMILES string of the molecule is CNC1CCCCC1N(C)c1ccc(C(N)=O)c(Nc2csc3ncccc23)n1. The third kappa shape index (κ3) is 3.90. The van der Waals surface area contributed by atoms with Gasteiger partial charge in [-0.15, -0.1) is 11.3 Å². The van der Waals surface area contributed by atoms with Crippen LogP contribution in [0.1, 0.15) is 36.0 Å². The molecular weight excluding hydrogens is 384 g/mol.